The van der Waals surface area contributed by atoms with Gasteiger partial charge >= 0.3 is 0 Å². The highest BCUT2D eigenvalue weighted by Gasteiger charge is 2.11. The summed E-state index contributed by atoms with van der Waals surface area (Å²) < 4.78 is 0. The Labute approximate surface area is 137 Å². The van der Waals surface area contributed by atoms with E-state index in [2.05, 4.69) is 27.1 Å². The van der Waals surface area contributed by atoms with Crippen molar-refractivity contribution in [1.29, 1.82) is 0 Å². The standard InChI is InChI=1S/C17H14N2OS2/c20-17(19-14-5-8-18-9-6-14)15-3-1-2-4-16(15)22-12-13-7-10-21-11-13/h1-11H,12H2,(H,18,19,20). The van der Waals surface area contributed by atoms with Crippen LogP contribution in [0.25, 0.3) is 0 Å². The van der Waals surface area contributed by atoms with Gasteiger partial charge in [-0.05, 0) is 46.7 Å². The van der Waals surface area contributed by atoms with E-state index in [0.717, 1.165) is 16.3 Å². The third kappa shape index (κ3) is 3.75. The van der Waals surface area contributed by atoms with E-state index >= 15 is 0 Å². The van der Waals surface area contributed by atoms with Crippen LogP contribution in [0.1, 0.15) is 15.9 Å². The van der Waals surface area contributed by atoms with Crippen LogP contribution in [0.4, 0.5) is 5.69 Å². The number of pyridine rings is 1. The molecule has 0 aliphatic heterocycles. The molecule has 3 rings (SSSR count). The van der Waals surface area contributed by atoms with Gasteiger partial charge in [-0.25, -0.2) is 0 Å². The Bertz CT molecular complexity index is 742. The van der Waals surface area contributed by atoms with E-state index < -0.39 is 0 Å². The molecular weight excluding hydrogens is 312 g/mol. The van der Waals surface area contributed by atoms with Crippen molar-refractivity contribution in [2.75, 3.05) is 5.32 Å². The summed E-state index contributed by atoms with van der Waals surface area (Å²) in [6.07, 6.45) is 3.32. The van der Waals surface area contributed by atoms with Gasteiger partial charge in [0.15, 0.2) is 0 Å². The first-order chi connectivity index (χ1) is 10.8. The Balaban J connectivity index is 1.74. The second kappa shape index (κ2) is 7.24. The van der Waals surface area contributed by atoms with Crippen LogP contribution in [-0.4, -0.2) is 10.9 Å². The van der Waals surface area contributed by atoms with E-state index in [4.69, 9.17) is 0 Å². The van der Waals surface area contributed by atoms with E-state index in [-0.39, 0.29) is 5.91 Å². The van der Waals surface area contributed by atoms with Gasteiger partial charge in [-0.2, -0.15) is 11.3 Å². The SMILES string of the molecule is O=C(Nc1ccncc1)c1ccccc1SCc1ccsc1. The summed E-state index contributed by atoms with van der Waals surface area (Å²) in [5, 5.41) is 7.10. The summed E-state index contributed by atoms with van der Waals surface area (Å²) in [5.74, 6) is 0.767. The molecule has 0 saturated heterocycles. The van der Waals surface area contributed by atoms with E-state index in [1.807, 2.05) is 24.3 Å². The number of rotatable bonds is 5. The van der Waals surface area contributed by atoms with Crippen molar-refractivity contribution in [3.63, 3.8) is 0 Å². The fraction of sp³-hybridized carbons (Fsp3) is 0.0588. The number of thioether (sulfide) groups is 1. The number of nitrogens with one attached hydrogen (secondary N) is 1. The van der Waals surface area contributed by atoms with Crippen molar-refractivity contribution in [3.05, 3.63) is 76.7 Å². The minimum Gasteiger partial charge on any atom is -0.322 e. The molecule has 0 saturated carbocycles. The lowest BCUT2D eigenvalue weighted by molar-refractivity contribution is 0.102. The number of anilines is 1. The molecule has 110 valence electrons. The smallest absolute Gasteiger partial charge is 0.256 e. The molecule has 0 aliphatic rings. The lowest BCUT2D eigenvalue weighted by Gasteiger charge is -2.09. The second-order valence-electron chi connectivity index (χ2n) is 4.61. The molecule has 5 heteroatoms. The van der Waals surface area contributed by atoms with Crippen molar-refractivity contribution in [3.8, 4) is 0 Å². The van der Waals surface area contributed by atoms with Crippen molar-refractivity contribution in [2.45, 2.75) is 10.6 Å². The Morgan fingerprint density at radius 1 is 1.14 bits per heavy atom. The van der Waals surface area contributed by atoms with Crippen LogP contribution in [0, 0.1) is 0 Å². The topological polar surface area (TPSA) is 42.0 Å². The van der Waals surface area contributed by atoms with Gasteiger partial charge in [0.05, 0.1) is 5.56 Å². The van der Waals surface area contributed by atoms with Gasteiger partial charge in [-0.1, -0.05) is 12.1 Å². The lowest BCUT2D eigenvalue weighted by atomic mass is 10.2. The average Bonchev–Trinajstić information content (AvgIpc) is 3.07. The van der Waals surface area contributed by atoms with Gasteiger partial charge < -0.3 is 5.32 Å². The molecule has 0 unspecified atom stereocenters. The number of carbonyl (C=O) groups excluding carboxylic acids is 1. The molecule has 1 amide bonds. The predicted octanol–water partition coefficient (Wildman–Crippen LogP) is 4.69. The minimum absolute atomic E-state index is 0.0976. The number of hydrogen-bond acceptors (Lipinski definition) is 4. The summed E-state index contributed by atoms with van der Waals surface area (Å²) in [7, 11) is 0. The molecule has 3 aromatic rings. The Morgan fingerprint density at radius 2 is 1.95 bits per heavy atom. The quantitative estimate of drug-likeness (QED) is 0.692. The minimum atomic E-state index is -0.0976. The Kier molecular flexibility index (Phi) is 4.88. The van der Waals surface area contributed by atoms with Gasteiger partial charge in [0, 0.05) is 28.7 Å². The van der Waals surface area contributed by atoms with Gasteiger partial charge in [-0.3, -0.25) is 9.78 Å². The molecule has 2 heterocycles. The first-order valence-electron chi connectivity index (χ1n) is 6.77. The van der Waals surface area contributed by atoms with Crippen LogP contribution in [0.15, 0.2) is 70.5 Å². The number of benzene rings is 1. The third-order valence-electron chi connectivity index (χ3n) is 3.04. The summed E-state index contributed by atoms with van der Waals surface area (Å²) in [4.78, 5) is 17.4. The molecular formula is C17H14N2OS2. The van der Waals surface area contributed by atoms with E-state index in [1.54, 1.807) is 47.6 Å². The highest BCUT2D eigenvalue weighted by Crippen LogP contribution is 2.27. The highest BCUT2D eigenvalue weighted by molar-refractivity contribution is 7.98. The summed E-state index contributed by atoms with van der Waals surface area (Å²) in [6, 6.07) is 13.3. The number of thiophene rings is 1. The molecule has 2 aromatic heterocycles. The number of amides is 1. The molecule has 0 aliphatic carbocycles. The largest absolute Gasteiger partial charge is 0.322 e. The number of nitrogens with zero attached hydrogens (tertiary/aromatic N) is 1. The maximum atomic E-state index is 12.5. The van der Waals surface area contributed by atoms with Crippen LogP contribution in [-0.2, 0) is 5.75 Å². The lowest BCUT2D eigenvalue weighted by Crippen LogP contribution is -2.12. The summed E-state index contributed by atoms with van der Waals surface area (Å²) >= 11 is 3.37. The van der Waals surface area contributed by atoms with Crippen LogP contribution in [0.5, 0.6) is 0 Å². The van der Waals surface area contributed by atoms with Gasteiger partial charge in [0.25, 0.3) is 5.91 Å². The molecule has 3 nitrogen and oxygen atoms in total. The Hall–Kier alpha value is -2.11. The molecule has 22 heavy (non-hydrogen) atoms. The second-order valence-corrected chi connectivity index (χ2v) is 6.40. The van der Waals surface area contributed by atoms with Crippen molar-refractivity contribution < 1.29 is 4.79 Å². The number of hydrogen-bond donors (Lipinski definition) is 1. The van der Waals surface area contributed by atoms with Crippen molar-refractivity contribution in [1.82, 2.24) is 4.98 Å². The number of aromatic nitrogens is 1. The summed E-state index contributed by atoms with van der Waals surface area (Å²) in [6.45, 7) is 0. The highest BCUT2D eigenvalue weighted by atomic mass is 32.2. The van der Waals surface area contributed by atoms with Gasteiger partial charge in [-0.15, -0.1) is 11.8 Å². The normalized spacial score (nSPS) is 10.4. The molecule has 0 fully saturated rings. The zero-order valence-electron chi connectivity index (χ0n) is 11.7. The van der Waals surface area contributed by atoms with Crippen molar-refractivity contribution in [2.24, 2.45) is 0 Å². The van der Waals surface area contributed by atoms with Crippen molar-refractivity contribution >= 4 is 34.7 Å². The molecule has 1 N–H and O–H groups in total. The first kappa shape index (κ1) is 14.8. The molecule has 0 bridgehead atoms. The monoisotopic (exact) mass is 326 g/mol. The molecule has 0 atom stereocenters. The molecule has 1 aromatic carbocycles. The summed E-state index contributed by atoms with van der Waals surface area (Å²) in [5.41, 5.74) is 2.72. The zero-order chi connectivity index (χ0) is 15.2. The maximum absolute atomic E-state index is 12.5. The predicted molar refractivity (Wildman–Crippen MR) is 92.5 cm³/mol. The number of carbonyl (C=O) groups is 1. The Morgan fingerprint density at radius 3 is 2.73 bits per heavy atom. The molecule has 0 spiro atoms. The van der Waals surface area contributed by atoms with Crippen LogP contribution < -0.4 is 5.32 Å². The first-order valence-corrected chi connectivity index (χ1v) is 8.70. The maximum Gasteiger partial charge on any atom is 0.256 e. The fourth-order valence-electron chi connectivity index (χ4n) is 1.95. The average molecular weight is 326 g/mol. The zero-order valence-corrected chi connectivity index (χ0v) is 13.4. The van der Waals surface area contributed by atoms with Gasteiger partial charge in [0.1, 0.15) is 0 Å². The van der Waals surface area contributed by atoms with Crippen LogP contribution >= 0.6 is 23.1 Å². The van der Waals surface area contributed by atoms with Gasteiger partial charge in [0.2, 0.25) is 0 Å². The van der Waals surface area contributed by atoms with Crippen LogP contribution in [0.2, 0.25) is 0 Å². The van der Waals surface area contributed by atoms with E-state index in [0.29, 0.717) is 5.56 Å². The van der Waals surface area contributed by atoms with E-state index in [9.17, 15) is 4.79 Å². The fourth-order valence-corrected chi connectivity index (χ4v) is 3.72. The van der Waals surface area contributed by atoms with Crippen LogP contribution in [0.3, 0.4) is 0 Å². The third-order valence-corrected chi connectivity index (χ3v) is 4.92. The van der Waals surface area contributed by atoms with E-state index in [1.165, 1.54) is 5.56 Å². The molecule has 0 radical (unpaired) electrons.